The van der Waals surface area contributed by atoms with Crippen molar-refractivity contribution in [2.24, 2.45) is 0 Å². The van der Waals surface area contributed by atoms with E-state index in [1.54, 1.807) is 0 Å². The van der Waals surface area contributed by atoms with Gasteiger partial charge < -0.3 is 9.55 Å². The molecule has 1 unspecified atom stereocenters. The Labute approximate surface area is 98.6 Å². The Morgan fingerprint density at radius 2 is 2.33 bits per heavy atom. The maximum atomic E-state index is 5.19. The molecule has 1 atom stereocenters. The van der Waals surface area contributed by atoms with E-state index in [9.17, 15) is 0 Å². The van der Waals surface area contributed by atoms with Gasteiger partial charge in [0.25, 0.3) is 0 Å². The second-order valence-electron chi connectivity index (χ2n) is 3.74. The predicted octanol–water partition coefficient (Wildman–Crippen LogP) is 3.72. The first-order valence-electron chi connectivity index (χ1n) is 4.97. The molecule has 4 heteroatoms. The van der Waals surface area contributed by atoms with Crippen molar-refractivity contribution >= 4 is 23.6 Å². The van der Waals surface area contributed by atoms with Crippen molar-refractivity contribution in [3.05, 3.63) is 39.1 Å². The Bertz CT molecular complexity index is 492. The first-order chi connectivity index (χ1) is 7.16. The summed E-state index contributed by atoms with van der Waals surface area (Å²) in [6.07, 6.45) is 4.94. The van der Waals surface area contributed by atoms with Gasteiger partial charge in [-0.25, -0.2) is 0 Å². The molecule has 0 spiro atoms. The van der Waals surface area contributed by atoms with Crippen molar-refractivity contribution in [3.8, 4) is 0 Å². The zero-order valence-corrected chi connectivity index (χ0v) is 10.5. The molecular weight excluding hydrogens is 224 g/mol. The van der Waals surface area contributed by atoms with Crippen LogP contribution in [-0.4, -0.2) is 9.55 Å². The average molecular weight is 238 g/mol. The second-order valence-corrected chi connectivity index (χ2v) is 5.50. The fraction of sp³-hybridized carbons (Fsp3) is 0.364. The van der Waals surface area contributed by atoms with Crippen molar-refractivity contribution in [2.75, 3.05) is 0 Å². The van der Waals surface area contributed by atoms with Crippen LogP contribution in [0.25, 0.3) is 0 Å². The van der Waals surface area contributed by atoms with Crippen LogP contribution in [0.1, 0.15) is 22.7 Å². The Hall–Kier alpha value is -0.870. The topological polar surface area (TPSA) is 20.7 Å². The minimum atomic E-state index is 0.418. The van der Waals surface area contributed by atoms with Gasteiger partial charge in [-0.2, -0.15) is 0 Å². The average Bonchev–Trinajstić information content (AvgIpc) is 2.75. The first-order valence-corrected chi connectivity index (χ1v) is 6.20. The summed E-state index contributed by atoms with van der Waals surface area (Å²) in [7, 11) is 0. The van der Waals surface area contributed by atoms with E-state index < -0.39 is 0 Å². The van der Waals surface area contributed by atoms with Crippen LogP contribution in [0.5, 0.6) is 0 Å². The van der Waals surface area contributed by atoms with Gasteiger partial charge in [0, 0.05) is 34.6 Å². The third-order valence-electron chi connectivity index (χ3n) is 2.44. The van der Waals surface area contributed by atoms with Gasteiger partial charge in [0.15, 0.2) is 4.77 Å². The number of aromatic amines is 1. The Morgan fingerprint density at radius 1 is 1.53 bits per heavy atom. The Morgan fingerprint density at radius 3 is 2.87 bits per heavy atom. The van der Waals surface area contributed by atoms with E-state index >= 15 is 0 Å². The van der Waals surface area contributed by atoms with E-state index in [4.69, 9.17) is 12.2 Å². The fourth-order valence-corrected chi connectivity index (χ4v) is 2.98. The largest absolute Gasteiger partial charge is 0.337 e. The highest BCUT2D eigenvalue weighted by molar-refractivity contribution is 7.71. The number of rotatable bonds is 3. The molecular formula is C11H14N2S2. The van der Waals surface area contributed by atoms with Gasteiger partial charge in [-0.1, -0.05) is 0 Å². The number of hydrogen-bond donors (Lipinski definition) is 1. The van der Waals surface area contributed by atoms with Crippen LogP contribution in [0.15, 0.2) is 24.5 Å². The molecule has 0 aliphatic carbocycles. The van der Waals surface area contributed by atoms with Gasteiger partial charge in [-0.3, -0.25) is 0 Å². The van der Waals surface area contributed by atoms with E-state index in [-0.39, 0.29) is 0 Å². The van der Waals surface area contributed by atoms with Crippen molar-refractivity contribution in [3.63, 3.8) is 0 Å². The molecule has 2 nitrogen and oxygen atoms in total. The number of aromatic nitrogens is 2. The lowest BCUT2D eigenvalue weighted by Crippen LogP contribution is -2.06. The van der Waals surface area contributed by atoms with Crippen molar-refractivity contribution in [2.45, 2.75) is 26.3 Å². The first kappa shape index (κ1) is 10.6. The van der Waals surface area contributed by atoms with Crippen LogP contribution in [0.3, 0.4) is 0 Å². The number of thiophene rings is 1. The normalized spacial score (nSPS) is 12.9. The van der Waals surface area contributed by atoms with Gasteiger partial charge >= 0.3 is 0 Å². The lowest BCUT2D eigenvalue weighted by Gasteiger charge is -2.11. The van der Waals surface area contributed by atoms with Crippen molar-refractivity contribution < 1.29 is 0 Å². The van der Waals surface area contributed by atoms with Crippen LogP contribution in [0.4, 0.5) is 0 Å². The van der Waals surface area contributed by atoms with E-state index in [2.05, 4.69) is 35.5 Å². The highest BCUT2D eigenvalue weighted by Gasteiger charge is 2.07. The highest BCUT2D eigenvalue weighted by Crippen LogP contribution is 2.21. The number of nitrogens with zero attached hydrogens (tertiary/aromatic N) is 1. The zero-order chi connectivity index (χ0) is 10.8. The van der Waals surface area contributed by atoms with E-state index in [1.807, 2.05) is 23.7 Å². The molecule has 0 saturated carbocycles. The van der Waals surface area contributed by atoms with Crippen LogP contribution < -0.4 is 0 Å². The minimum absolute atomic E-state index is 0.418. The van der Waals surface area contributed by atoms with Crippen LogP contribution in [-0.2, 0) is 6.42 Å². The fourth-order valence-electron chi connectivity index (χ4n) is 1.66. The number of imidazole rings is 1. The van der Waals surface area contributed by atoms with Gasteiger partial charge in [0.2, 0.25) is 0 Å². The van der Waals surface area contributed by atoms with Gasteiger partial charge in [-0.05, 0) is 38.2 Å². The monoisotopic (exact) mass is 238 g/mol. The van der Waals surface area contributed by atoms with Crippen LogP contribution in [0, 0.1) is 11.7 Å². The maximum absolute atomic E-state index is 5.19. The second kappa shape index (κ2) is 4.33. The minimum Gasteiger partial charge on any atom is -0.337 e. The standard InChI is InChI=1S/C11H14N2S2/c1-8(13-6-5-12-11(13)14)7-10-4-3-9(2)15-10/h3-6,8H,7H2,1-2H3,(H,12,14). The van der Waals surface area contributed by atoms with Crippen LogP contribution in [0.2, 0.25) is 0 Å². The van der Waals surface area contributed by atoms with Gasteiger partial charge in [0.1, 0.15) is 0 Å². The molecule has 2 rings (SSSR count). The molecule has 1 N–H and O–H groups in total. The number of hydrogen-bond acceptors (Lipinski definition) is 2. The highest BCUT2D eigenvalue weighted by atomic mass is 32.1. The van der Waals surface area contributed by atoms with Crippen LogP contribution >= 0.6 is 23.6 Å². The summed E-state index contributed by atoms with van der Waals surface area (Å²) < 4.78 is 2.90. The zero-order valence-electron chi connectivity index (χ0n) is 8.86. The Kier molecular flexibility index (Phi) is 3.07. The summed E-state index contributed by atoms with van der Waals surface area (Å²) in [5.41, 5.74) is 0. The summed E-state index contributed by atoms with van der Waals surface area (Å²) in [5.74, 6) is 0. The Balaban J connectivity index is 2.14. The molecule has 0 aliphatic rings. The third kappa shape index (κ3) is 2.38. The maximum Gasteiger partial charge on any atom is 0.177 e. The summed E-state index contributed by atoms with van der Waals surface area (Å²) in [6.45, 7) is 4.33. The van der Waals surface area contributed by atoms with Gasteiger partial charge in [0.05, 0.1) is 0 Å². The molecule has 2 aromatic rings. The molecule has 2 aromatic heterocycles. The molecule has 0 saturated heterocycles. The molecule has 80 valence electrons. The molecule has 15 heavy (non-hydrogen) atoms. The SMILES string of the molecule is Cc1ccc(CC(C)n2cc[nH]c2=S)s1. The van der Waals surface area contributed by atoms with Crippen molar-refractivity contribution in [1.82, 2.24) is 9.55 Å². The summed E-state index contributed by atoms with van der Waals surface area (Å²) >= 11 is 7.06. The van der Waals surface area contributed by atoms with E-state index in [1.165, 1.54) is 9.75 Å². The van der Waals surface area contributed by atoms with E-state index in [0.29, 0.717) is 6.04 Å². The number of H-pyrrole nitrogens is 1. The lowest BCUT2D eigenvalue weighted by atomic mass is 10.2. The molecule has 0 amide bonds. The summed E-state index contributed by atoms with van der Waals surface area (Å²) in [4.78, 5) is 5.81. The molecule has 0 bridgehead atoms. The summed E-state index contributed by atoms with van der Waals surface area (Å²) in [6, 6.07) is 4.79. The molecule has 0 aromatic carbocycles. The predicted molar refractivity (Wildman–Crippen MR) is 67.1 cm³/mol. The quantitative estimate of drug-likeness (QED) is 0.808. The van der Waals surface area contributed by atoms with Crippen molar-refractivity contribution in [1.29, 1.82) is 0 Å². The number of nitrogens with one attached hydrogen (secondary N) is 1. The third-order valence-corrected chi connectivity index (χ3v) is 3.80. The molecule has 0 aliphatic heterocycles. The molecule has 0 fully saturated rings. The van der Waals surface area contributed by atoms with Gasteiger partial charge in [-0.15, -0.1) is 11.3 Å². The number of aryl methyl sites for hydroxylation is 1. The lowest BCUT2D eigenvalue weighted by molar-refractivity contribution is 0.542. The molecule has 2 heterocycles. The van der Waals surface area contributed by atoms with E-state index in [0.717, 1.165) is 11.2 Å². The smallest absolute Gasteiger partial charge is 0.177 e. The summed E-state index contributed by atoms with van der Waals surface area (Å²) in [5, 5.41) is 0. The molecule has 0 radical (unpaired) electrons.